The van der Waals surface area contributed by atoms with E-state index in [9.17, 15) is 19.5 Å². The van der Waals surface area contributed by atoms with E-state index < -0.39 is 17.8 Å². The molecule has 0 fully saturated rings. The van der Waals surface area contributed by atoms with Crippen LogP contribution in [0.1, 0.15) is 81.5 Å². The number of hydrogen-bond donors (Lipinski definition) is 4. The number of carbonyl (C=O) groups is 3. The molecule has 0 saturated carbocycles. The summed E-state index contributed by atoms with van der Waals surface area (Å²) in [6.07, 6.45) is 11.5. The minimum atomic E-state index is -1.31. The topological polar surface area (TPSA) is 125 Å². The van der Waals surface area contributed by atoms with Gasteiger partial charge in [0.2, 0.25) is 5.91 Å². The number of aromatic carboxylic acids is 1. The van der Waals surface area contributed by atoms with E-state index in [2.05, 4.69) is 22.5 Å². The van der Waals surface area contributed by atoms with Crippen LogP contribution in [0.4, 0.5) is 10.5 Å². The van der Waals surface area contributed by atoms with E-state index in [1.165, 1.54) is 63.5 Å². The maximum Gasteiger partial charge on any atom is 0.411 e. The van der Waals surface area contributed by atoms with Crippen LogP contribution in [-0.4, -0.2) is 52.8 Å². The number of phenols is 1. The summed E-state index contributed by atoms with van der Waals surface area (Å²) in [6, 6.07) is 3.66. The van der Waals surface area contributed by atoms with Gasteiger partial charge in [-0.3, -0.25) is 10.1 Å². The second kappa shape index (κ2) is 19.4. The summed E-state index contributed by atoms with van der Waals surface area (Å²) in [5, 5.41) is 23.5. The quantitative estimate of drug-likeness (QED) is 0.119. The molecule has 35 heavy (non-hydrogen) atoms. The molecule has 0 radical (unpaired) electrons. The van der Waals surface area contributed by atoms with Crippen molar-refractivity contribution in [1.29, 1.82) is 0 Å². The fraction of sp³-hybridized carbons (Fsp3) is 0.577. The third kappa shape index (κ3) is 15.6. The normalized spacial score (nSPS) is 10.2. The Balaban J connectivity index is 1.95. The standard InChI is InChI=1S/C26H38N2O6S/c1-2-3-4-5-6-7-8-9-10-11-12-13-18-35-20-24(30)27-16-17-34-26(33)28-21-14-15-23(29)22(19-21)25(31)32/h14-15,19,29H,4-13,16-18,20H2,1H3,(H,27,30)(H,28,33)(H,31,32). The number of carboxylic acids is 1. The van der Waals surface area contributed by atoms with Crippen LogP contribution in [0.25, 0.3) is 0 Å². The molecule has 4 N–H and O–H groups in total. The molecule has 0 aliphatic rings. The highest BCUT2D eigenvalue weighted by Crippen LogP contribution is 2.21. The lowest BCUT2D eigenvalue weighted by Gasteiger charge is -2.09. The second-order valence-electron chi connectivity index (χ2n) is 8.06. The Morgan fingerprint density at radius 1 is 1.00 bits per heavy atom. The van der Waals surface area contributed by atoms with Crippen LogP contribution in [0.3, 0.4) is 0 Å². The Morgan fingerprint density at radius 2 is 1.66 bits per heavy atom. The highest BCUT2D eigenvalue weighted by molar-refractivity contribution is 7.99. The lowest BCUT2D eigenvalue weighted by Crippen LogP contribution is -2.30. The number of thioether (sulfide) groups is 1. The number of ether oxygens (including phenoxy) is 1. The van der Waals surface area contributed by atoms with E-state index in [-0.39, 0.29) is 30.3 Å². The molecule has 0 heterocycles. The average molecular weight is 507 g/mol. The van der Waals surface area contributed by atoms with Gasteiger partial charge in [0.15, 0.2) is 0 Å². The van der Waals surface area contributed by atoms with Gasteiger partial charge in [-0.25, -0.2) is 9.59 Å². The van der Waals surface area contributed by atoms with E-state index in [4.69, 9.17) is 9.84 Å². The fourth-order valence-electron chi connectivity index (χ4n) is 3.27. The number of aromatic hydroxyl groups is 1. The number of rotatable bonds is 18. The number of amides is 2. The van der Waals surface area contributed by atoms with Crippen LogP contribution in [0.2, 0.25) is 0 Å². The van der Waals surface area contributed by atoms with Crippen molar-refractivity contribution in [2.24, 2.45) is 0 Å². The van der Waals surface area contributed by atoms with E-state index in [1.807, 2.05) is 6.92 Å². The first-order chi connectivity index (χ1) is 16.9. The summed E-state index contributed by atoms with van der Waals surface area (Å²) in [6.45, 7) is 2.06. The highest BCUT2D eigenvalue weighted by Gasteiger charge is 2.12. The van der Waals surface area contributed by atoms with Crippen LogP contribution >= 0.6 is 11.8 Å². The van der Waals surface area contributed by atoms with Crippen molar-refractivity contribution in [1.82, 2.24) is 5.32 Å². The SMILES string of the molecule is CC#CCCCCCCCCCCCSCC(=O)NCCOC(=O)Nc1ccc(O)c(C(=O)O)c1. The van der Waals surface area contributed by atoms with Crippen LogP contribution in [0.15, 0.2) is 18.2 Å². The molecule has 0 aromatic heterocycles. The summed E-state index contributed by atoms with van der Waals surface area (Å²) >= 11 is 1.60. The first kappa shape index (κ1) is 30.2. The number of nitrogens with one attached hydrogen (secondary N) is 2. The number of benzene rings is 1. The van der Waals surface area contributed by atoms with Crippen molar-refractivity contribution in [3.05, 3.63) is 23.8 Å². The molecular formula is C26H38N2O6S. The van der Waals surface area contributed by atoms with Crippen molar-refractivity contribution < 1.29 is 29.3 Å². The average Bonchev–Trinajstić information content (AvgIpc) is 2.83. The van der Waals surface area contributed by atoms with Gasteiger partial charge in [0, 0.05) is 12.1 Å². The van der Waals surface area contributed by atoms with Crippen LogP contribution in [-0.2, 0) is 9.53 Å². The minimum absolute atomic E-state index is 0.0149. The molecule has 194 valence electrons. The predicted octanol–water partition coefficient (Wildman–Crippen LogP) is 5.41. The Morgan fingerprint density at radius 3 is 2.31 bits per heavy atom. The lowest BCUT2D eigenvalue weighted by atomic mass is 10.1. The van der Waals surface area contributed by atoms with Gasteiger partial charge in [-0.2, -0.15) is 11.8 Å². The van der Waals surface area contributed by atoms with Crippen molar-refractivity contribution in [2.45, 2.75) is 71.1 Å². The monoisotopic (exact) mass is 506 g/mol. The third-order valence-corrected chi connectivity index (χ3v) is 6.17. The van der Waals surface area contributed by atoms with E-state index in [0.29, 0.717) is 5.75 Å². The number of hydrogen-bond acceptors (Lipinski definition) is 6. The van der Waals surface area contributed by atoms with E-state index in [1.54, 1.807) is 11.8 Å². The first-order valence-electron chi connectivity index (χ1n) is 12.2. The molecule has 0 bridgehead atoms. The Labute approximate surface area is 212 Å². The van der Waals surface area contributed by atoms with Gasteiger partial charge in [0.1, 0.15) is 17.9 Å². The molecule has 0 atom stereocenters. The summed E-state index contributed by atoms with van der Waals surface area (Å²) in [5.41, 5.74) is -0.147. The number of carbonyl (C=O) groups excluding carboxylic acids is 2. The van der Waals surface area contributed by atoms with Gasteiger partial charge in [-0.05, 0) is 43.7 Å². The van der Waals surface area contributed by atoms with E-state index in [0.717, 1.165) is 24.7 Å². The first-order valence-corrected chi connectivity index (χ1v) is 13.3. The highest BCUT2D eigenvalue weighted by atomic mass is 32.2. The zero-order chi connectivity index (χ0) is 25.7. The molecule has 9 heteroatoms. The maximum atomic E-state index is 11.9. The van der Waals surface area contributed by atoms with Gasteiger partial charge in [-0.1, -0.05) is 44.9 Å². The minimum Gasteiger partial charge on any atom is -0.507 e. The van der Waals surface area contributed by atoms with Crippen LogP contribution in [0, 0.1) is 11.8 Å². The number of unbranched alkanes of at least 4 members (excludes halogenated alkanes) is 9. The number of carboxylic acid groups (broad SMARTS) is 1. The predicted molar refractivity (Wildman–Crippen MR) is 140 cm³/mol. The molecule has 8 nitrogen and oxygen atoms in total. The Hall–Kier alpha value is -2.86. The van der Waals surface area contributed by atoms with Gasteiger partial charge >= 0.3 is 12.1 Å². The van der Waals surface area contributed by atoms with Crippen molar-refractivity contribution in [3.63, 3.8) is 0 Å². The zero-order valence-electron chi connectivity index (χ0n) is 20.6. The summed E-state index contributed by atoms with van der Waals surface area (Å²) in [4.78, 5) is 34.6. The van der Waals surface area contributed by atoms with Gasteiger partial charge in [-0.15, -0.1) is 11.8 Å². The van der Waals surface area contributed by atoms with Crippen LogP contribution < -0.4 is 10.6 Å². The van der Waals surface area contributed by atoms with Crippen molar-refractivity contribution in [3.8, 4) is 17.6 Å². The molecule has 0 aliphatic heterocycles. The molecule has 1 aromatic rings. The molecule has 1 aromatic carbocycles. The summed E-state index contributed by atoms with van der Waals surface area (Å²) in [5.74, 6) is 5.55. The maximum absolute atomic E-state index is 11.9. The van der Waals surface area contributed by atoms with Gasteiger partial charge in [0.25, 0.3) is 0 Å². The van der Waals surface area contributed by atoms with Crippen molar-refractivity contribution >= 4 is 35.4 Å². The largest absolute Gasteiger partial charge is 0.507 e. The molecule has 0 unspecified atom stereocenters. The van der Waals surface area contributed by atoms with E-state index >= 15 is 0 Å². The van der Waals surface area contributed by atoms with Gasteiger partial charge < -0.3 is 20.3 Å². The Bertz CT molecular complexity index is 850. The Kier molecular flexibility index (Phi) is 16.8. The lowest BCUT2D eigenvalue weighted by molar-refractivity contribution is -0.118. The molecular weight excluding hydrogens is 468 g/mol. The summed E-state index contributed by atoms with van der Waals surface area (Å²) in [7, 11) is 0. The molecule has 1 rings (SSSR count). The third-order valence-electron chi connectivity index (χ3n) is 5.13. The number of anilines is 1. The smallest absolute Gasteiger partial charge is 0.411 e. The van der Waals surface area contributed by atoms with Gasteiger partial charge in [0.05, 0.1) is 12.3 Å². The molecule has 0 spiro atoms. The second-order valence-corrected chi connectivity index (χ2v) is 9.16. The zero-order valence-corrected chi connectivity index (χ0v) is 21.4. The fourth-order valence-corrected chi connectivity index (χ4v) is 4.11. The van der Waals surface area contributed by atoms with Crippen LogP contribution in [0.5, 0.6) is 5.75 Å². The van der Waals surface area contributed by atoms with Crippen molar-refractivity contribution in [2.75, 3.05) is 30.0 Å². The molecule has 0 aliphatic carbocycles. The molecule has 2 amide bonds. The summed E-state index contributed by atoms with van der Waals surface area (Å²) < 4.78 is 4.97. The molecule has 0 saturated heterocycles.